The van der Waals surface area contributed by atoms with Gasteiger partial charge in [0.1, 0.15) is 11.4 Å². The summed E-state index contributed by atoms with van der Waals surface area (Å²) in [5.41, 5.74) is -1.22. The molecule has 0 aliphatic rings. The molecule has 96 valence electrons. The van der Waals surface area contributed by atoms with Gasteiger partial charge in [-0.3, -0.25) is 0 Å². The van der Waals surface area contributed by atoms with E-state index in [1.54, 1.807) is 26.2 Å². The van der Waals surface area contributed by atoms with Gasteiger partial charge >= 0.3 is 6.03 Å². The molecule has 1 aromatic heterocycles. The first kappa shape index (κ1) is 13.5. The third-order valence-corrected chi connectivity index (χ3v) is 2.24. The predicted octanol–water partition coefficient (Wildman–Crippen LogP) is 0.433. The Kier molecular flexibility index (Phi) is 4.99. The highest BCUT2D eigenvalue weighted by molar-refractivity contribution is 5.73. The maximum Gasteiger partial charge on any atom is 0.314 e. The largest absolute Gasteiger partial charge is 0.466 e. The second-order valence-electron chi connectivity index (χ2n) is 3.85. The molecule has 1 aromatic rings. The lowest BCUT2D eigenvalue weighted by atomic mass is 10.0. The number of hydrogen-bond donors (Lipinski definition) is 3. The number of aliphatic hydroxyl groups is 1. The van der Waals surface area contributed by atoms with Gasteiger partial charge in [0.2, 0.25) is 0 Å². The van der Waals surface area contributed by atoms with Crippen LogP contribution in [-0.4, -0.2) is 37.9 Å². The molecule has 3 N–H and O–H groups in total. The number of amides is 2. The molecule has 1 rings (SSSR count). The van der Waals surface area contributed by atoms with Gasteiger partial charge in [-0.1, -0.05) is 0 Å². The van der Waals surface area contributed by atoms with Gasteiger partial charge in [0, 0.05) is 13.7 Å². The first-order chi connectivity index (χ1) is 8.06. The van der Waals surface area contributed by atoms with Crippen molar-refractivity contribution < 1.29 is 19.1 Å². The number of nitrogens with one attached hydrogen (secondary N) is 2. The molecule has 6 heteroatoms. The van der Waals surface area contributed by atoms with E-state index >= 15 is 0 Å². The Hall–Kier alpha value is -1.53. The zero-order chi connectivity index (χ0) is 12.7. The van der Waals surface area contributed by atoms with Crippen molar-refractivity contribution in [3.63, 3.8) is 0 Å². The molecule has 0 spiro atoms. The van der Waals surface area contributed by atoms with E-state index in [9.17, 15) is 9.90 Å². The smallest absolute Gasteiger partial charge is 0.314 e. The van der Waals surface area contributed by atoms with Crippen molar-refractivity contribution in [2.75, 3.05) is 26.8 Å². The van der Waals surface area contributed by atoms with Crippen LogP contribution in [0, 0.1) is 0 Å². The van der Waals surface area contributed by atoms with Crippen molar-refractivity contribution in [3.8, 4) is 0 Å². The number of furan rings is 1. The molecule has 0 aliphatic carbocycles. The Labute approximate surface area is 99.9 Å². The summed E-state index contributed by atoms with van der Waals surface area (Å²) in [7, 11) is 1.56. The summed E-state index contributed by atoms with van der Waals surface area (Å²) in [5.74, 6) is 0.412. The van der Waals surface area contributed by atoms with Crippen LogP contribution < -0.4 is 10.6 Å². The molecule has 1 unspecified atom stereocenters. The Balaban J connectivity index is 2.32. The van der Waals surface area contributed by atoms with Crippen molar-refractivity contribution in [2.45, 2.75) is 12.5 Å². The molecule has 1 heterocycles. The molecule has 0 saturated heterocycles. The molecule has 1 atom stereocenters. The lowest BCUT2D eigenvalue weighted by Gasteiger charge is -2.21. The van der Waals surface area contributed by atoms with E-state index < -0.39 is 5.60 Å². The fourth-order valence-corrected chi connectivity index (χ4v) is 1.25. The highest BCUT2D eigenvalue weighted by Crippen LogP contribution is 2.19. The minimum Gasteiger partial charge on any atom is -0.466 e. The average Bonchev–Trinajstić information content (AvgIpc) is 2.81. The van der Waals surface area contributed by atoms with E-state index in [1.165, 1.54) is 6.26 Å². The molecule has 0 bridgehead atoms. The standard InChI is InChI=1S/C11H18N2O4/c1-11(15,9-4-3-6-17-9)8-13-10(14)12-5-7-16-2/h3-4,6,15H,5,7-8H2,1-2H3,(H2,12,13,14). The van der Waals surface area contributed by atoms with Gasteiger partial charge in [-0.2, -0.15) is 0 Å². The van der Waals surface area contributed by atoms with E-state index in [0.717, 1.165) is 0 Å². The first-order valence-electron chi connectivity index (χ1n) is 5.33. The molecule has 6 nitrogen and oxygen atoms in total. The predicted molar refractivity (Wildman–Crippen MR) is 61.6 cm³/mol. The number of hydrogen-bond acceptors (Lipinski definition) is 4. The van der Waals surface area contributed by atoms with Crippen molar-refractivity contribution in [3.05, 3.63) is 24.2 Å². The summed E-state index contributed by atoms with van der Waals surface area (Å²) in [6, 6.07) is 2.99. The van der Waals surface area contributed by atoms with Crippen molar-refractivity contribution >= 4 is 6.03 Å². The second-order valence-corrected chi connectivity index (χ2v) is 3.85. The maximum absolute atomic E-state index is 11.3. The zero-order valence-corrected chi connectivity index (χ0v) is 10.0. The third-order valence-electron chi connectivity index (χ3n) is 2.24. The van der Waals surface area contributed by atoms with Crippen LogP contribution in [0.25, 0.3) is 0 Å². The Morgan fingerprint density at radius 3 is 2.94 bits per heavy atom. The van der Waals surface area contributed by atoms with Crippen LogP contribution in [0.1, 0.15) is 12.7 Å². The first-order valence-corrected chi connectivity index (χ1v) is 5.33. The molecular weight excluding hydrogens is 224 g/mol. The minimum absolute atomic E-state index is 0.0688. The van der Waals surface area contributed by atoms with Crippen LogP contribution in [-0.2, 0) is 10.3 Å². The summed E-state index contributed by atoms with van der Waals surface area (Å²) >= 11 is 0. The molecule has 0 saturated carbocycles. The summed E-state index contributed by atoms with van der Waals surface area (Å²) in [4.78, 5) is 11.3. The topological polar surface area (TPSA) is 83.7 Å². The van der Waals surface area contributed by atoms with Crippen LogP contribution in [0.15, 0.2) is 22.8 Å². The molecular formula is C11H18N2O4. The highest BCUT2D eigenvalue weighted by atomic mass is 16.5. The van der Waals surface area contributed by atoms with Crippen LogP contribution in [0.4, 0.5) is 4.79 Å². The van der Waals surface area contributed by atoms with Gasteiger partial charge < -0.3 is 24.9 Å². The minimum atomic E-state index is -1.22. The lowest BCUT2D eigenvalue weighted by molar-refractivity contribution is 0.0367. The number of methoxy groups -OCH3 is 1. The van der Waals surface area contributed by atoms with Gasteiger partial charge in [-0.25, -0.2) is 4.79 Å². The van der Waals surface area contributed by atoms with E-state index in [4.69, 9.17) is 9.15 Å². The van der Waals surface area contributed by atoms with Gasteiger partial charge in [-0.15, -0.1) is 0 Å². The van der Waals surface area contributed by atoms with Crippen molar-refractivity contribution in [1.29, 1.82) is 0 Å². The normalized spacial score (nSPS) is 14.1. The molecule has 2 amide bonds. The molecule has 0 aromatic carbocycles. The van der Waals surface area contributed by atoms with E-state index in [-0.39, 0.29) is 12.6 Å². The SMILES string of the molecule is COCCNC(=O)NCC(C)(O)c1ccco1. The Morgan fingerprint density at radius 2 is 2.35 bits per heavy atom. The van der Waals surface area contributed by atoms with Gasteiger partial charge in [-0.05, 0) is 19.1 Å². The molecule has 0 fully saturated rings. The van der Waals surface area contributed by atoms with E-state index in [1.807, 2.05) is 0 Å². The number of carbonyl (C=O) groups excluding carboxylic acids is 1. The van der Waals surface area contributed by atoms with E-state index in [2.05, 4.69) is 10.6 Å². The molecule has 17 heavy (non-hydrogen) atoms. The maximum atomic E-state index is 11.3. The van der Waals surface area contributed by atoms with E-state index in [0.29, 0.717) is 18.9 Å². The Morgan fingerprint density at radius 1 is 1.59 bits per heavy atom. The average molecular weight is 242 g/mol. The van der Waals surface area contributed by atoms with Crippen LogP contribution in [0.5, 0.6) is 0 Å². The number of carbonyl (C=O) groups is 1. The van der Waals surface area contributed by atoms with Crippen LogP contribution >= 0.6 is 0 Å². The van der Waals surface area contributed by atoms with Crippen LogP contribution in [0.2, 0.25) is 0 Å². The monoisotopic (exact) mass is 242 g/mol. The number of rotatable bonds is 6. The van der Waals surface area contributed by atoms with Gasteiger partial charge in [0.15, 0.2) is 0 Å². The fourth-order valence-electron chi connectivity index (χ4n) is 1.25. The lowest BCUT2D eigenvalue weighted by Crippen LogP contribution is -2.44. The molecule has 0 aliphatic heterocycles. The quantitative estimate of drug-likeness (QED) is 0.632. The summed E-state index contributed by atoms with van der Waals surface area (Å²) < 4.78 is 9.88. The number of urea groups is 1. The second kappa shape index (κ2) is 6.27. The zero-order valence-electron chi connectivity index (χ0n) is 10.0. The van der Waals surface area contributed by atoms with Gasteiger partial charge in [0.05, 0.1) is 19.4 Å². The summed E-state index contributed by atoms with van der Waals surface area (Å²) in [6.45, 7) is 2.51. The fraction of sp³-hybridized carbons (Fsp3) is 0.545. The number of ether oxygens (including phenoxy) is 1. The van der Waals surface area contributed by atoms with Crippen LogP contribution in [0.3, 0.4) is 0 Å². The van der Waals surface area contributed by atoms with Crippen molar-refractivity contribution in [1.82, 2.24) is 10.6 Å². The summed E-state index contributed by atoms with van der Waals surface area (Å²) in [5, 5.41) is 15.2. The van der Waals surface area contributed by atoms with Crippen molar-refractivity contribution in [2.24, 2.45) is 0 Å². The third kappa shape index (κ3) is 4.46. The molecule has 0 radical (unpaired) electrons. The Bertz CT molecular complexity index is 335. The van der Waals surface area contributed by atoms with Gasteiger partial charge in [0.25, 0.3) is 0 Å². The summed E-state index contributed by atoms with van der Waals surface area (Å²) in [6.07, 6.45) is 1.47. The highest BCUT2D eigenvalue weighted by Gasteiger charge is 2.26.